The van der Waals surface area contributed by atoms with Crippen molar-refractivity contribution in [3.63, 3.8) is 0 Å². The average molecular weight is 265 g/mol. The van der Waals surface area contributed by atoms with Gasteiger partial charge in [-0.05, 0) is 17.7 Å². The quantitative estimate of drug-likeness (QED) is 0.467. The van der Waals surface area contributed by atoms with E-state index >= 15 is 0 Å². The van der Waals surface area contributed by atoms with Crippen molar-refractivity contribution < 1.29 is 21.6 Å². The summed E-state index contributed by atoms with van der Waals surface area (Å²) in [5.41, 5.74) is 6.17. The van der Waals surface area contributed by atoms with Crippen molar-refractivity contribution in [1.29, 1.82) is 0 Å². The van der Waals surface area contributed by atoms with Crippen molar-refractivity contribution in [1.82, 2.24) is 0 Å². The molecule has 0 saturated carbocycles. The first-order valence-electron chi connectivity index (χ1n) is 4.12. The summed E-state index contributed by atoms with van der Waals surface area (Å²) in [7, 11) is -3.75. The Bertz CT molecular complexity index is 589. The molecule has 0 aliphatic carbocycles. The summed E-state index contributed by atoms with van der Waals surface area (Å²) < 4.78 is 59.9. The molecule has 1 aromatic rings. The normalized spacial score (nSPS) is 12.0. The standard InChI is InChI=1S/C8H6F3N3O2S/c1-17(15,16)5-2-3-7(13-14-12)6(4-5)8(9,10)11/h2-4H,1H3. The van der Waals surface area contributed by atoms with Crippen LogP contribution in [0.4, 0.5) is 18.9 Å². The zero-order valence-corrected chi connectivity index (χ0v) is 9.25. The third kappa shape index (κ3) is 3.11. The molecule has 9 heteroatoms. The SMILES string of the molecule is CS(=O)(=O)c1ccc(N=[N+]=[N-])c(C(F)(F)F)c1. The van der Waals surface area contributed by atoms with E-state index in [1.165, 1.54) is 0 Å². The third-order valence-electron chi connectivity index (χ3n) is 1.85. The second-order valence-corrected chi connectivity index (χ2v) is 5.15. The second-order valence-electron chi connectivity index (χ2n) is 3.14. The Morgan fingerprint density at radius 3 is 2.35 bits per heavy atom. The molecule has 0 atom stereocenters. The van der Waals surface area contributed by atoms with E-state index in [1.807, 2.05) is 0 Å². The lowest BCUT2D eigenvalue weighted by Crippen LogP contribution is -2.07. The van der Waals surface area contributed by atoms with Gasteiger partial charge >= 0.3 is 6.18 Å². The molecule has 1 aromatic carbocycles. The molecule has 92 valence electrons. The van der Waals surface area contributed by atoms with E-state index in [0.29, 0.717) is 6.07 Å². The molecular formula is C8H6F3N3O2S. The number of hydrogen-bond donors (Lipinski definition) is 0. The molecular weight excluding hydrogens is 259 g/mol. The molecule has 0 amide bonds. The first kappa shape index (κ1) is 13.3. The molecule has 0 unspecified atom stereocenters. The third-order valence-corrected chi connectivity index (χ3v) is 2.96. The van der Waals surface area contributed by atoms with Crippen molar-refractivity contribution >= 4 is 15.5 Å². The molecule has 0 fully saturated rings. The zero-order chi connectivity index (χ0) is 13.3. The van der Waals surface area contributed by atoms with E-state index in [0.717, 1.165) is 18.4 Å². The minimum Gasteiger partial charge on any atom is -0.224 e. The highest BCUT2D eigenvalue weighted by atomic mass is 32.2. The fourth-order valence-electron chi connectivity index (χ4n) is 1.11. The number of azide groups is 1. The predicted octanol–water partition coefficient (Wildman–Crippen LogP) is 3.05. The van der Waals surface area contributed by atoms with Crippen LogP contribution in [0, 0.1) is 0 Å². The smallest absolute Gasteiger partial charge is 0.224 e. The predicted molar refractivity (Wildman–Crippen MR) is 53.4 cm³/mol. The topological polar surface area (TPSA) is 82.9 Å². The Balaban J connectivity index is 3.56. The van der Waals surface area contributed by atoms with Crippen molar-refractivity contribution in [3.05, 3.63) is 34.2 Å². The maximum atomic E-state index is 12.6. The maximum Gasteiger partial charge on any atom is 0.416 e. The summed E-state index contributed by atoms with van der Waals surface area (Å²) in [4.78, 5) is 1.76. The van der Waals surface area contributed by atoms with E-state index in [4.69, 9.17) is 5.53 Å². The molecule has 0 bridgehead atoms. The fraction of sp³-hybridized carbons (Fsp3) is 0.250. The fourth-order valence-corrected chi connectivity index (χ4v) is 1.76. The summed E-state index contributed by atoms with van der Waals surface area (Å²) in [6, 6.07) is 2.22. The van der Waals surface area contributed by atoms with Gasteiger partial charge in [0, 0.05) is 16.9 Å². The molecule has 5 nitrogen and oxygen atoms in total. The van der Waals surface area contributed by atoms with Crippen LogP contribution in [0.25, 0.3) is 10.4 Å². The van der Waals surface area contributed by atoms with E-state index in [-0.39, 0.29) is 0 Å². The van der Waals surface area contributed by atoms with Gasteiger partial charge in [0.1, 0.15) is 0 Å². The Morgan fingerprint density at radius 1 is 1.35 bits per heavy atom. The number of rotatable bonds is 2. The van der Waals surface area contributed by atoms with Crippen molar-refractivity contribution in [2.24, 2.45) is 5.11 Å². The second kappa shape index (κ2) is 4.27. The average Bonchev–Trinajstić information content (AvgIpc) is 2.15. The van der Waals surface area contributed by atoms with E-state index in [1.54, 1.807) is 0 Å². The number of halogens is 3. The van der Waals surface area contributed by atoms with Gasteiger partial charge < -0.3 is 0 Å². The highest BCUT2D eigenvalue weighted by Crippen LogP contribution is 2.37. The van der Waals surface area contributed by atoms with Crippen molar-refractivity contribution in [3.8, 4) is 0 Å². The van der Waals surface area contributed by atoms with Gasteiger partial charge in [-0.3, -0.25) is 0 Å². The van der Waals surface area contributed by atoms with E-state index < -0.39 is 32.2 Å². The largest absolute Gasteiger partial charge is 0.416 e. The molecule has 0 aliphatic heterocycles. The minimum absolute atomic E-state index is 0.444. The lowest BCUT2D eigenvalue weighted by molar-refractivity contribution is -0.137. The molecule has 0 spiro atoms. The summed E-state index contributed by atoms with van der Waals surface area (Å²) in [6.45, 7) is 0. The highest BCUT2D eigenvalue weighted by molar-refractivity contribution is 7.90. The molecule has 0 N–H and O–H groups in total. The Labute approximate surface area is 94.4 Å². The van der Waals surface area contributed by atoms with Gasteiger partial charge in [-0.25, -0.2) is 8.42 Å². The minimum atomic E-state index is -4.79. The molecule has 0 aromatic heterocycles. The molecule has 0 aliphatic rings. The number of benzene rings is 1. The first-order valence-corrected chi connectivity index (χ1v) is 6.02. The maximum absolute atomic E-state index is 12.6. The highest BCUT2D eigenvalue weighted by Gasteiger charge is 2.34. The molecule has 0 radical (unpaired) electrons. The van der Waals surface area contributed by atoms with Gasteiger partial charge in [0.15, 0.2) is 9.84 Å². The lowest BCUT2D eigenvalue weighted by Gasteiger charge is -2.10. The van der Waals surface area contributed by atoms with Crippen LogP contribution in [-0.2, 0) is 16.0 Å². The summed E-state index contributed by atoms with van der Waals surface area (Å²) in [5, 5.41) is 2.86. The van der Waals surface area contributed by atoms with Gasteiger partial charge in [0.05, 0.1) is 10.5 Å². The summed E-state index contributed by atoms with van der Waals surface area (Å²) in [5.74, 6) is 0. The monoisotopic (exact) mass is 265 g/mol. The van der Waals surface area contributed by atoms with E-state index in [9.17, 15) is 21.6 Å². The Kier molecular flexibility index (Phi) is 3.35. The lowest BCUT2D eigenvalue weighted by atomic mass is 10.2. The molecule has 1 rings (SSSR count). The van der Waals surface area contributed by atoms with Gasteiger partial charge in [-0.15, -0.1) is 0 Å². The molecule has 0 saturated heterocycles. The van der Waals surface area contributed by atoms with Crippen LogP contribution < -0.4 is 0 Å². The first-order chi connectivity index (χ1) is 7.66. The Hall–Kier alpha value is -1.73. The summed E-state index contributed by atoms with van der Waals surface area (Å²) >= 11 is 0. The van der Waals surface area contributed by atoms with Crippen LogP contribution in [0.3, 0.4) is 0 Å². The van der Waals surface area contributed by atoms with Crippen LogP contribution in [-0.4, -0.2) is 14.7 Å². The number of sulfone groups is 1. The van der Waals surface area contributed by atoms with Gasteiger partial charge in [-0.1, -0.05) is 11.2 Å². The van der Waals surface area contributed by atoms with Crippen LogP contribution in [0.1, 0.15) is 5.56 Å². The number of alkyl halides is 3. The number of nitrogens with zero attached hydrogens (tertiary/aromatic N) is 3. The number of hydrogen-bond acceptors (Lipinski definition) is 3. The van der Waals surface area contributed by atoms with Crippen molar-refractivity contribution in [2.45, 2.75) is 11.1 Å². The van der Waals surface area contributed by atoms with Crippen LogP contribution >= 0.6 is 0 Å². The Morgan fingerprint density at radius 2 is 1.94 bits per heavy atom. The molecule has 17 heavy (non-hydrogen) atoms. The van der Waals surface area contributed by atoms with E-state index in [2.05, 4.69) is 10.0 Å². The van der Waals surface area contributed by atoms with Gasteiger partial charge in [-0.2, -0.15) is 13.2 Å². The molecule has 0 heterocycles. The van der Waals surface area contributed by atoms with Gasteiger partial charge in [0.25, 0.3) is 0 Å². The van der Waals surface area contributed by atoms with Crippen LogP contribution in [0.15, 0.2) is 28.2 Å². The van der Waals surface area contributed by atoms with Crippen LogP contribution in [0.2, 0.25) is 0 Å². The van der Waals surface area contributed by atoms with Gasteiger partial charge in [0.2, 0.25) is 0 Å². The van der Waals surface area contributed by atoms with Crippen LogP contribution in [0.5, 0.6) is 0 Å². The van der Waals surface area contributed by atoms with Crippen molar-refractivity contribution in [2.75, 3.05) is 6.26 Å². The zero-order valence-electron chi connectivity index (χ0n) is 8.43. The summed E-state index contributed by atoms with van der Waals surface area (Å²) in [6.07, 6.45) is -4.00.